The van der Waals surface area contributed by atoms with E-state index in [1.165, 1.54) is 44.9 Å². The lowest BCUT2D eigenvalue weighted by Crippen LogP contribution is -2.52. The van der Waals surface area contributed by atoms with E-state index < -0.39 is 0 Å². The zero-order valence-corrected chi connectivity index (χ0v) is 13.6. The minimum absolute atomic E-state index is 0.368. The molecule has 0 aromatic carbocycles. The molecule has 0 bridgehead atoms. The zero-order valence-electron chi connectivity index (χ0n) is 13.6. The molecular weight excluding hydrogens is 248 g/mol. The molecule has 1 saturated carbocycles. The summed E-state index contributed by atoms with van der Waals surface area (Å²) < 4.78 is 0. The molecule has 3 atom stereocenters. The summed E-state index contributed by atoms with van der Waals surface area (Å²) in [4.78, 5) is 17.1. The molecule has 20 heavy (non-hydrogen) atoms. The third-order valence-corrected chi connectivity index (χ3v) is 5.29. The maximum absolute atomic E-state index is 12.6. The van der Waals surface area contributed by atoms with E-state index in [0.29, 0.717) is 24.4 Å². The Labute approximate surface area is 124 Å². The van der Waals surface area contributed by atoms with Crippen LogP contribution in [0.3, 0.4) is 0 Å². The lowest BCUT2D eigenvalue weighted by Gasteiger charge is -2.44. The lowest BCUT2D eigenvalue weighted by molar-refractivity contribution is -0.138. The summed E-state index contributed by atoms with van der Waals surface area (Å²) in [5.41, 5.74) is 0. The van der Waals surface area contributed by atoms with Crippen LogP contribution < -0.4 is 0 Å². The molecule has 0 radical (unpaired) electrons. The minimum atomic E-state index is 0.368. The van der Waals surface area contributed by atoms with Gasteiger partial charge in [0.1, 0.15) is 0 Å². The van der Waals surface area contributed by atoms with Crippen molar-refractivity contribution in [3.8, 4) is 0 Å². The molecule has 1 saturated heterocycles. The van der Waals surface area contributed by atoms with Gasteiger partial charge >= 0.3 is 0 Å². The summed E-state index contributed by atoms with van der Waals surface area (Å²) in [6.45, 7) is 7.12. The first-order valence-corrected chi connectivity index (χ1v) is 8.59. The number of likely N-dealkylation sites (N-methyl/N-ethyl adjacent to an activating group) is 1. The molecule has 0 spiro atoms. The van der Waals surface area contributed by atoms with Gasteiger partial charge in [-0.15, -0.1) is 0 Å². The van der Waals surface area contributed by atoms with Crippen molar-refractivity contribution in [2.24, 2.45) is 11.8 Å². The van der Waals surface area contributed by atoms with Crippen LogP contribution in [0.2, 0.25) is 0 Å². The second-order valence-corrected chi connectivity index (χ2v) is 7.05. The normalized spacial score (nSPS) is 28.3. The van der Waals surface area contributed by atoms with Gasteiger partial charge in [0.2, 0.25) is 5.91 Å². The van der Waals surface area contributed by atoms with Crippen LogP contribution in [0.15, 0.2) is 0 Å². The Hall–Kier alpha value is -0.570. The SMILES string of the molecule is CC[C@H](C)CN(C)CC(=O)N1CCC[C@H]2CCCC[C@H]21. The average Bonchev–Trinajstić information content (AvgIpc) is 2.46. The largest absolute Gasteiger partial charge is 0.338 e. The summed E-state index contributed by atoms with van der Waals surface area (Å²) in [5, 5.41) is 0. The molecule has 1 amide bonds. The van der Waals surface area contributed by atoms with Crippen molar-refractivity contribution >= 4 is 5.91 Å². The van der Waals surface area contributed by atoms with Crippen LogP contribution in [-0.2, 0) is 4.79 Å². The van der Waals surface area contributed by atoms with Gasteiger partial charge in [0.15, 0.2) is 0 Å². The van der Waals surface area contributed by atoms with Crippen LogP contribution >= 0.6 is 0 Å². The van der Waals surface area contributed by atoms with E-state index in [-0.39, 0.29) is 0 Å². The van der Waals surface area contributed by atoms with Crippen LogP contribution in [0.1, 0.15) is 58.8 Å². The standard InChI is InChI=1S/C17H32N2O/c1-4-14(2)12-18(3)13-17(20)19-11-7-9-15-8-5-6-10-16(15)19/h14-16H,4-13H2,1-3H3/t14-,15+,16+/m0/s1. The van der Waals surface area contributed by atoms with Gasteiger partial charge in [-0.05, 0) is 44.6 Å². The van der Waals surface area contributed by atoms with E-state index in [1.54, 1.807) is 0 Å². The molecule has 0 N–H and O–H groups in total. The Morgan fingerprint density at radius 3 is 2.70 bits per heavy atom. The molecule has 2 rings (SSSR count). The summed E-state index contributed by atoms with van der Waals surface area (Å²) in [6, 6.07) is 0.557. The Balaban J connectivity index is 1.87. The van der Waals surface area contributed by atoms with Gasteiger partial charge in [-0.2, -0.15) is 0 Å². The Bertz CT molecular complexity index is 316. The number of carbonyl (C=O) groups is 1. The highest BCUT2D eigenvalue weighted by atomic mass is 16.2. The number of nitrogens with zero attached hydrogens (tertiary/aromatic N) is 2. The summed E-state index contributed by atoms with van der Waals surface area (Å²) in [7, 11) is 2.09. The quantitative estimate of drug-likeness (QED) is 0.772. The molecule has 0 aromatic rings. The number of hydrogen-bond donors (Lipinski definition) is 0. The fourth-order valence-electron chi connectivity index (χ4n) is 3.98. The summed E-state index contributed by atoms with van der Waals surface area (Å²) in [5.74, 6) is 1.84. The van der Waals surface area contributed by atoms with E-state index in [0.717, 1.165) is 19.0 Å². The highest BCUT2D eigenvalue weighted by molar-refractivity contribution is 5.78. The van der Waals surface area contributed by atoms with Crippen LogP contribution in [0.5, 0.6) is 0 Å². The maximum atomic E-state index is 12.6. The number of piperidine rings is 1. The first-order chi connectivity index (χ1) is 9.61. The average molecular weight is 280 g/mol. The van der Waals surface area contributed by atoms with Crippen LogP contribution in [0.4, 0.5) is 0 Å². The fourth-order valence-corrected chi connectivity index (χ4v) is 3.98. The van der Waals surface area contributed by atoms with Crippen molar-refractivity contribution in [1.29, 1.82) is 0 Å². The van der Waals surface area contributed by atoms with E-state index in [2.05, 4.69) is 30.7 Å². The van der Waals surface area contributed by atoms with Crippen molar-refractivity contribution in [3.63, 3.8) is 0 Å². The first-order valence-electron chi connectivity index (χ1n) is 8.59. The van der Waals surface area contributed by atoms with Gasteiger partial charge < -0.3 is 4.90 Å². The fraction of sp³-hybridized carbons (Fsp3) is 0.941. The Kier molecular flexibility index (Phi) is 5.88. The monoisotopic (exact) mass is 280 g/mol. The molecule has 1 heterocycles. The van der Waals surface area contributed by atoms with Gasteiger partial charge in [-0.3, -0.25) is 9.69 Å². The van der Waals surface area contributed by atoms with Crippen molar-refractivity contribution in [1.82, 2.24) is 9.80 Å². The number of rotatable bonds is 5. The van der Waals surface area contributed by atoms with E-state index in [1.807, 2.05) is 0 Å². The predicted molar refractivity (Wildman–Crippen MR) is 83.6 cm³/mol. The number of carbonyl (C=O) groups excluding carboxylic acids is 1. The summed E-state index contributed by atoms with van der Waals surface area (Å²) in [6.07, 6.45) is 9.01. The molecule has 0 aromatic heterocycles. The van der Waals surface area contributed by atoms with Crippen LogP contribution in [0, 0.1) is 11.8 Å². The molecular formula is C17H32N2O. The topological polar surface area (TPSA) is 23.6 Å². The van der Waals surface area contributed by atoms with Crippen LogP contribution in [-0.4, -0.2) is 48.4 Å². The third-order valence-electron chi connectivity index (χ3n) is 5.29. The van der Waals surface area contributed by atoms with E-state index >= 15 is 0 Å². The van der Waals surface area contributed by atoms with Gasteiger partial charge in [-0.25, -0.2) is 0 Å². The second-order valence-electron chi connectivity index (χ2n) is 7.05. The molecule has 1 aliphatic carbocycles. The highest BCUT2D eigenvalue weighted by Crippen LogP contribution is 2.35. The van der Waals surface area contributed by atoms with E-state index in [4.69, 9.17) is 0 Å². The molecule has 116 valence electrons. The lowest BCUT2D eigenvalue weighted by atomic mass is 9.78. The molecule has 0 unspecified atom stereocenters. The molecule has 1 aliphatic heterocycles. The van der Waals surface area contributed by atoms with Gasteiger partial charge in [0, 0.05) is 19.1 Å². The molecule has 3 heteroatoms. The number of fused-ring (bicyclic) bond motifs is 1. The molecule has 2 fully saturated rings. The highest BCUT2D eigenvalue weighted by Gasteiger charge is 2.35. The van der Waals surface area contributed by atoms with Gasteiger partial charge in [0.25, 0.3) is 0 Å². The number of likely N-dealkylation sites (tertiary alicyclic amines) is 1. The summed E-state index contributed by atoms with van der Waals surface area (Å²) >= 11 is 0. The molecule has 2 aliphatic rings. The zero-order chi connectivity index (χ0) is 14.5. The predicted octanol–water partition coefficient (Wildman–Crippen LogP) is 3.15. The molecule has 3 nitrogen and oxygen atoms in total. The van der Waals surface area contributed by atoms with Crippen molar-refractivity contribution in [2.45, 2.75) is 64.8 Å². The maximum Gasteiger partial charge on any atom is 0.236 e. The Morgan fingerprint density at radius 1 is 1.25 bits per heavy atom. The smallest absolute Gasteiger partial charge is 0.236 e. The van der Waals surface area contributed by atoms with Crippen molar-refractivity contribution in [2.75, 3.05) is 26.7 Å². The second kappa shape index (κ2) is 7.44. The minimum Gasteiger partial charge on any atom is -0.338 e. The Morgan fingerprint density at radius 2 is 1.95 bits per heavy atom. The number of amides is 1. The van der Waals surface area contributed by atoms with Gasteiger partial charge in [-0.1, -0.05) is 33.1 Å². The van der Waals surface area contributed by atoms with Crippen molar-refractivity contribution in [3.05, 3.63) is 0 Å². The third kappa shape index (κ3) is 3.97. The first kappa shape index (κ1) is 15.8. The van der Waals surface area contributed by atoms with Crippen molar-refractivity contribution < 1.29 is 4.79 Å². The number of hydrogen-bond acceptors (Lipinski definition) is 2. The van der Waals surface area contributed by atoms with E-state index in [9.17, 15) is 4.79 Å². The van der Waals surface area contributed by atoms with Gasteiger partial charge in [0.05, 0.1) is 6.54 Å². The van der Waals surface area contributed by atoms with Crippen LogP contribution in [0.25, 0.3) is 0 Å².